The van der Waals surface area contributed by atoms with E-state index in [4.69, 9.17) is 0 Å². The van der Waals surface area contributed by atoms with Gasteiger partial charge in [0.1, 0.15) is 0 Å². The molecule has 2 heterocycles. The zero-order valence-electron chi connectivity index (χ0n) is 14.2. The van der Waals surface area contributed by atoms with Crippen LogP contribution in [0.3, 0.4) is 0 Å². The smallest absolute Gasteiger partial charge is 0.253 e. The van der Waals surface area contributed by atoms with Crippen molar-refractivity contribution < 1.29 is 9.59 Å². The predicted molar refractivity (Wildman–Crippen MR) is 96.6 cm³/mol. The van der Waals surface area contributed by atoms with Gasteiger partial charge in [-0.05, 0) is 38.4 Å². The van der Waals surface area contributed by atoms with Crippen LogP contribution in [0.1, 0.15) is 35.2 Å². The second kappa shape index (κ2) is 8.49. The second-order valence-corrected chi connectivity index (χ2v) is 6.49. The van der Waals surface area contributed by atoms with Gasteiger partial charge in [-0.1, -0.05) is 24.1 Å². The molecule has 2 fully saturated rings. The molecule has 1 unspecified atom stereocenters. The molecule has 1 aromatic rings. The topological polar surface area (TPSA) is 52.7 Å². The summed E-state index contributed by atoms with van der Waals surface area (Å²) in [4.78, 5) is 28.8. The number of rotatable bonds is 2. The number of piperidine rings is 1. The van der Waals surface area contributed by atoms with Crippen LogP contribution in [0.4, 0.5) is 0 Å². The number of aryl methyl sites for hydroxylation is 1. The van der Waals surface area contributed by atoms with Crippen molar-refractivity contribution in [1.82, 2.24) is 15.1 Å². The lowest BCUT2D eigenvalue weighted by atomic mass is 10.0. The van der Waals surface area contributed by atoms with Crippen LogP contribution in [-0.4, -0.2) is 60.4 Å². The van der Waals surface area contributed by atoms with Gasteiger partial charge in [-0.25, -0.2) is 0 Å². The van der Waals surface area contributed by atoms with Crippen LogP contribution < -0.4 is 5.32 Å². The Bertz CT molecular complexity index is 562. The maximum absolute atomic E-state index is 12.5. The summed E-state index contributed by atoms with van der Waals surface area (Å²) in [6, 6.07) is 7.65. The van der Waals surface area contributed by atoms with E-state index in [1.807, 2.05) is 41.0 Å². The van der Waals surface area contributed by atoms with Gasteiger partial charge < -0.3 is 15.1 Å². The lowest BCUT2D eigenvalue weighted by molar-refractivity contribution is -0.135. The Hall–Kier alpha value is -1.59. The molecule has 0 aromatic heterocycles. The summed E-state index contributed by atoms with van der Waals surface area (Å²) >= 11 is 0. The van der Waals surface area contributed by atoms with Crippen molar-refractivity contribution in [3.05, 3.63) is 35.4 Å². The number of carbonyl (C=O) groups is 2. The minimum Gasteiger partial charge on any atom is -0.338 e. The number of hydrogen-bond acceptors (Lipinski definition) is 3. The summed E-state index contributed by atoms with van der Waals surface area (Å²) < 4.78 is 0. The first-order valence-electron chi connectivity index (χ1n) is 8.53. The molecule has 1 aromatic carbocycles. The van der Waals surface area contributed by atoms with E-state index in [9.17, 15) is 9.59 Å². The monoisotopic (exact) mass is 351 g/mol. The zero-order valence-corrected chi connectivity index (χ0v) is 15.0. The molecule has 0 bridgehead atoms. The largest absolute Gasteiger partial charge is 0.338 e. The number of nitrogens with one attached hydrogen (secondary N) is 1. The van der Waals surface area contributed by atoms with Crippen molar-refractivity contribution in [2.75, 3.05) is 32.7 Å². The molecule has 132 valence electrons. The fourth-order valence-corrected chi connectivity index (χ4v) is 3.29. The van der Waals surface area contributed by atoms with E-state index in [0.717, 1.165) is 36.9 Å². The summed E-state index contributed by atoms with van der Waals surface area (Å²) in [5.41, 5.74) is 1.88. The highest BCUT2D eigenvalue weighted by Gasteiger charge is 2.29. The van der Waals surface area contributed by atoms with Gasteiger partial charge in [0.05, 0.1) is 6.04 Å². The van der Waals surface area contributed by atoms with E-state index < -0.39 is 0 Å². The van der Waals surface area contributed by atoms with E-state index in [-0.39, 0.29) is 30.3 Å². The number of nitrogens with zero attached hydrogens (tertiary/aromatic N) is 2. The highest BCUT2D eigenvalue weighted by Crippen LogP contribution is 2.14. The molecule has 0 spiro atoms. The Morgan fingerprint density at radius 2 is 1.62 bits per heavy atom. The molecule has 1 N–H and O–H groups in total. The van der Waals surface area contributed by atoms with Crippen LogP contribution in [0, 0.1) is 6.92 Å². The first kappa shape index (κ1) is 18.7. The third-order valence-electron chi connectivity index (χ3n) is 4.79. The first-order chi connectivity index (χ1) is 11.1. The number of carbonyl (C=O) groups excluding carboxylic acids is 2. The number of hydrogen-bond donors (Lipinski definition) is 1. The van der Waals surface area contributed by atoms with Gasteiger partial charge in [0.2, 0.25) is 5.91 Å². The Morgan fingerprint density at radius 1 is 1.00 bits per heavy atom. The molecule has 5 nitrogen and oxygen atoms in total. The summed E-state index contributed by atoms with van der Waals surface area (Å²) in [6.07, 6.45) is 3.21. The van der Waals surface area contributed by atoms with Gasteiger partial charge >= 0.3 is 0 Å². The fraction of sp³-hybridized carbons (Fsp3) is 0.556. The van der Waals surface area contributed by atoms with E-state index in [1.165, 1.54) is 0 Å². The predicted octanol–water partition coefficient (Wildman–Crippen LogP) is 1.84. The number of benzene rings is 1. The van der Waals surface area contributed by atoms with Gasteiger partial charge in [-0.2, -0.15) is 0 Å². The molecule has 0 radical (unpaired) electrons. The van der Waals surface area contributed by atoms with Gasteiger partial charge in [0.15, 0.2) is 0 Å². The normalized spacial score (nSPS) is 21.1. The van der Waals surface area contributed by atoms with Crippen molar-refractivity contribution in [3.8, 4) is 0 Å². The third kappa shape index (κ3) is 4.28. The highest BCUT2D eigenvalue weighted by molar-refractivity contribution is 5.94. The first-order valence-corrected chi connectivity index (χ1v) is 8.53. The number of halogens is 1. The fourth-order valence-electron chi connectivity index (χ4n) is 3.29. The van der Waals surface area contributed by atoms with Crippen LogP contribution >= 0.6 is 12.4 Å². The highest BCUT2D eigenvalue weighted by atomic mass is 35.5. The van der Waals surface area contributed by atoms with Gasteiger partial charge in [0.25, 0.3) is 5.91 Å². The summed E-state index contributed by atoms with van der Waals surface area (Å²) in [6.45, 7) is 5.44. The van der Waals surface area contributed by atoms with Crippen molar-refractivity contribution in [3.63, 3.8) is 0 Å². The molecule has 2 amide bonds. The number of piperazine rings is 1. The van der Waals surface area contributed by atoms with Crippen LogP contribution in [0.15, 0.2) is 24.3 Å². The average molecular weight is 352 g/mol. The van der Waals surface area contributed by atoms with E-state index in [1.54, 1.807) is 0 Å². The maximum atomic E-state index is 12.5. The van der Waals surface area contributed by atoms with Crippen LogP contribution in [-0.2, 0) is 4.79 Å². The molecular weight excluding hydrogens is 326 g/mol. The molecule has 0 saturated carbocycles. The van der Waals surface area contributed by atoms with Gasteiger partial charge in [0, 0.05) is 31.7 Å². The van der Waals surface area contributed by atoms with E-state index in [2.05, 4.69) is 5.32 Å². The summed E-state index contributed by atoms with van der Waals surface area (Å²) in [5, 5.41) is 3.31. The second-order valence-electron chi connectivity index (χ2n) is 6.49. The van der Waals surface area contributed by atoms with Gasteiger partial charge in [-0.15, -0.1) is 12.4 Å². The molecule has 3 rings (SSSR count). The van der Waals surface area contributed by atoms with Crippen LogP contribution in [0.2, 0.25) is 0 Å². The Kier molecular flexibility index (Phi) is 6.63. The van der Waals surface area contributed by atoms with Gasteiger partial charge in [-0.3, -0.25) is 9.59 Å². The Morgan fingerprint density at radius 3 is 2.21 bits per heavy atom. The molecule has 2 aliphatic rings. The van der Waals surface area contributed by atoms with Crippen LogP contribution in [0.25, 0.3) is 0 Å². The van der Waals surface area contributed by atoms with Crippen molar-refractivity contribution in [2.24, 2.45) is 0 Å². The SMILES string of the molecule is Cc1ccc(C(=O)N2CCN(C(=O)C3CCCCN3)CC2)cc1.Cl. The third-order valence-corrected chi connectivity index (χ3v) is 4.79. The lowest BCUT2D eigenvalue weighted by Crippen LogP contribution is -2.55. The molecule has 0 aliphatic carbocycles. The molecule has 1 atom stereocenters. The molecule has 2 aliphatic heterocycles. The van der Waals surface area contributed by atoms with Crippen molar-refractivity contribution in [2.45, 2.75) is 32.2 Å². The van der Waals surface area contributed by atoms with Crippen molar-refractivity contribution in [1.29, 1.82) is 0 Å². The average Bonchev–Trinajstić information content (AvgIpc) is 2.62. The Balaban J connectivity index is 0.00000208. The molecular formula is C18H26ClN3O2. The van der Waals surface area contributed by atoms with E-state index >= 15 is 0 Å². The van der Waals surface area contributed by atoms with Crippen LogP contribution in [0.5, 0.6) is 0 Å². The molecule has 24 heavy (non-hydrogen) atoms. The standard InChI is InChI=1S/C18H25N3O2.ClH/c1-14-5-7-15(8-6-14)17(22)20-10-12-21(13-11-20)18(23)16-4-2-3-9-19-16;/h5-8,16,19H,2-4,9-13H2,1H3;1H. The lowest BCUT2D eigenvalue weighted by Gasteiger charge is -2.37. The number of amides is 2. The maximum Gasteiger partial charge on any atom is 0.253 e. The summed E-state index contributed by atoms with van der Waals surface area (Å²) in [5.74, 6) is 0.264. The zero-order chi connectivity index (χ0) is 16.2. The minimum absolute atomic E-state index is 0. The quantitative estimate of drug-likeness (QED) is 0.884. The molecule has 6 heteroatoms. The van der Waals surface area contributed by atoms with E-state index in [0.29, 0.717) is 26.2 Å². The molecule has 2 saturated heterocycles. The minimum atomic E-state index is -0.0249. The summed E-state index contributed by atoms with van der Waals surface area (Å²) in [7, 11) is 0. The Labute approximate surface area is 149 Å². The van der Waals surface area contributed by atoms with Crippen molar-refractivity contribution >= 4 is 24.2 Å².